The maximum absolute atomic E-state index is 13.9. The van der Waals surface area contributed by atoms with Crippen LogP contribution in [0, 0.1) is 12.7 Å². The largest absolute Gasteiger partial charge is 0.448 e. The lowest BCUT2D eigenvalue weighted by molar-refractivity contribution is -0.115. The Labute approximate surface area is 149 Å². The summed E-state index contributed by atoms with van der Waals surface area (Å²) in [5.74, 6) is -0.822. The second kappa shape index (κ2) is 5.98. The first-order chi connectivity index (χ1) is 12.4. The molecule has 0 radical (unpaired) electrons. The van der Waals surface area contributed by atoms with Gasteiger partial charge in [-0.25, -0.2) is 4.39 Å². The number of furan rings is 1. The van der Waals surface area contributed by atoms with Crippen molar-refractivity contribution in [2.45, 2.75) is 26.3 Å². The second-order valence-electron chi connectivity index (χ2n) is 6.51. The predicted molar refractivity (Wildman–Crippen MR) is 95.6 cm³/mol. The molecule has 0 aliphatic carbocycles. The molecule has 4 rings (SSSR count). The van der Waals surface area contributed by atoms with Crippen LogP contribution >= 0.6 is 0 Å². The molecule has 132 valence electrons. The number of halogens is 1. The number of hydrogen-bond acceptors (Lipinski definition) is 3. The Morgan fingerprint density at radius 3 is 2.88 bits per heavy atom. The van der Waals surface area contributed by atoms with E-state index in [0.717, 1.165) is 16.8 Å². The fourth-order valence-electron chi connectivity index (χ4n) is 3.29. The lowest BCUT2D eigenvalue weighted by atomic mass is 10.0. The van der Waals surface area contributed by atoms with Crippen LogP contribution in [0.4, 0.5) is 10.1 Å². The lowest BCUT2D eigenvalue weighted by Crippen LogP contribution is -2.26. The highest BCUT2D eigenvalue weighted by molar-refractivity contribution is 6.00. The number of anilines is 1. The zero-order valence-corrected chi connectivity index (χ0v) is 14.4. The molecular weight excluding hydrogens is 335 g/mol. The summed E-state index contributed by atoms with van der Waals surface area (Å²) in [6, 6.07) is 9.92. The highest BCUT2D eigenvalue weighted by atomic mass is 19.1. The lowest BCUT2D eigenvalue weighted by Gasteiger charge is -2.14. The molecule has 1 unspecified atom stereocenters. The van der Waals surface area contributed by atoms with E-state index < -0.39 is 11.7 Å². The number of hydrogen-bond donors (Lipinski definition) is 2. The summed E-state index contributed by atoms with van der Waals surface area (Å²) in [5, 5.41) is 6.24. The zero-order chi connectivity index (χ0) is 18.4. The number of para-hydroxylation sites is 1. The van der Waals surface area contributed by atoms with E-state index in [4.69, 9.17) is 4.42 Å². The Morgan fingerprint density at radius 2 is 2.12 bits per heavy atom. The van der Waals surface area contributed by atoms with Crippen molar-refractivity contribution in [2.24, 2.45) is 0 Å². The molecule has 1 atom stereocenters. The highest BCUT2D eigenvalue weighted by Gasteiger charge is 2.23. The van der Waals surface area contributed by atoms with Crippen LogP contribution in [0.25, 0.3) is 11.0 Å². The Kier molecular flexibility index (Phi) is 3.76. The summed E-state index contributed by atoms with van der Waals surface area (Å²) in [6.45, 7) is 3.58. The van der Waals surface area contributed by atoms with Gasteiger partial charge in [-0.05, 0) is 37.1 Å². The number of amides is 2. The van der Waals surface area contributed by atoms with E-state index in [2.05, 4.69) is 10.6 Å². The van der Waals surface area contributed by atoms with Gasteiger partial charge in [-0.15, -0.1) is 0 Å². The molecule has 5 nitrogen and oxygen atoms in total. The molecule has 2 aromatic carbocycles. The van der Waals surface area contributed by atoms with E-state index >= 15 is 0 Å². The van der Waals surface area contributed by atoms with E-state index in [1.54, 1.807) is 19.1 Å². The average molecular weight is 352 g/mol. The molecule has 0 spiro atoms. The summed E-state index contributed by atoms with van der Waals surface area (Å²) in [7, 11) is 0. The van der Waals surface area contributed by atoms with Crippen molar-refractivity contribution in [3.63, 3.8) is 0 Å². The molecule has 2 heterocycles. The highest BCUT2D eigenvalue weighted by Crippen LogP contribution is 2.29. The minimum Gasteiger partial charge on any atom is -0.448 e. The predicted octanol–water partition coefficient (Wildman–Crippen LogP) is 3.87. The average Bonchev–Trinajstić information content (AvgIpc) is 3.14. The maximum atomic E-state index is 13.9. The minimum absolute atomic E-state index is 0.0336. The van der Waals surface area contributed by atoms with Crippen molar-refractivity contribution in [3.05, 3.63) is 64.7 Å². The molecule has 2 N–H and O–H groups in total. The van der Waals surface area contributed by atoms with E-state index in [1.807, 2.05) is 25.1 Å². The molecular formula is C20H17FN2O3. The number of rotatable bonds is 3. The van der Waals surface area contributed by atoms with Gasteiger partial charge in [0.15, 0.2) is 17.2 Å². The Morgan fingerprint density at radius 1 is 1.31 bits per heavy atom. The number of nitrogens with one attached hydrogen (secondary N) is 2. The summed E-state index contributed by atoms with van der Waals surface area (Å²) in [6.07, 6.45) is 0.339. The van der Waals surface area contributed by atoms with Gasteiger partial charge in [0.05, 0.1) is 12.5 Å². The van der Waals surface area contributed by atoms with Gasteiger partial charge < -0.3 is 15.1 Å². The molecule has 1 aliphatic heterocycles. The zero-order valence-electron chi connectivity index (χ0n) is 14.4. The maximum Gasteiger partial charge on any atom is 0.287 e. The molecule has 0 fully saturated rings. The van der Waals surface area contributed by atoms with E-state index in [1.165, 1.54) is 6.07 Å². The number of carbonyl (C=O) groups excluding carboxylic acids is 2. The monoisotopic (exact) mass is 352 g/mol. The van der Waals surface area contributed by atoms with Crippen LogP contribution < -0.4 is 10.6 Å². The van der Waals surface area contributed by atoms with Crippen molar-refractivity contribution in [2.75, 3.05) is 5.32 Å². The molecule has 0 saturated heterocycles. The molecule has 0 bridgehead atoms. The van der Waals surface area contributed by atoms with Crippen molar-refractivity contribution in [1.82, 2.24) is 5.32 Å². The molecule has 1 aliphatic rings. The fourth-order valence-corrected chi connectivity index (χ4v) is 3.29. The van der Waals surface area contributed by atoms with Gasteiger partial charge in [-0.1, -0.05) is 24.3 Å². The number of aryl methyl sites for hydroxylation is 1. The third-order valence-corrected chi connectivity index (χ3v) is 4.72. The van der Waals surface area contributed by atoms with Crippen molar-refractivity contribution < 1.29 is 18.4 Å². The van der Waals surface area contributed by atoms with Gasteiger partial charge in [-0.2, -0.15) is 0 Å². The molecule has 0 saturated carbocycles. The number of carbonyl (C=O) groups is 2. The van der Waals surface area contributed by atoms with Crippen LogP contribution in [-0.4, -0.2) is 11.8 Å². The minimum atomic E-state index is -0.492. The van der Waals surface area contributed by atoms with E-state index in [0.29, 0.717) is 17.4 Å². The van der Waals surface area contributed by atoms with Gasteiger partial charge in [0, 0.05) is 16.6 Å². The van der Waals surface area contributed by atoms with Crippen LogP contribution in [0.2, 0.25) is 0 Å². The molecule has 26 heavy (non-hydrogen) atoms. The third-order valence-electron chi connectivity index (χ3n) is 4.72. The first-order valence-corrected chi connectivity index (χ1v) is 8.35. The number of fused-ring (bicyclic) bond motifs is 2. The Balaban J connectivity index is 1.59. The van der Waals surface area contributed by atoms with Gasteiger partial charge in [0.1, 0.15) is 0 Å². The van der Waals surface area contributed by atoms with Crippen LogP contribution in [0.1, 0.15) is 40.2 Å². The summed E-state index contributed by atoms with van der Waals surface area (Å²) >= 11 is 0. The molecule has 6 heteroatoms. The fraction of sp³-hybridized carbons (Fsp3) is 0.200. The molecule has 3 aromatic rings. The number of benzene rings is 2. The quantitative estimate of drug-likeness (QED) is 0.752. The normalized spacial score (nSPS) is 14.2. The van der Waals surface area contributed by atoms with Crippen LogP contribution in [-0.2, 0) is 11.2 Å². The standard InChI is InChI=1S/C20H17FN2O3/c1-10-14-4-3-5-15(21)19(14)26-18(10)20(25)22-11(2)12-6-7-16-13(8-12)9-17(24)23-16/h3-8,11H,9H2,1-2H3,(H,22,25)(H,23,24). The van der Waals surface area contributed by atoms with E-state index in [9.17, 15) is 14.0 Å². The van der Waals surface area contributed by atoms with Crippen LogP contribution in [0.15, 0.2) is 40.8 Å². The summed E-state index contributed by atoms with van der Waals surface area (Å²) < 4.78 is 19.3. The second-order valence-corrected chi connectivity index (χ2v) is 6.51. The van der Waals surface area contributed by atoms with Crippen molar-refractivity contribution in [3.8, 4) is 0 Å². The molecule has 2 amide bonds. The smallest absolute Gasteiger partial charge is 0.287 e. The topological polar surface area (TPSA) is 71.3 Å². The molecule has 1 aromatic heterocycles. The van der Waals surface area contributed by atoms with Gasteiger partial charge in [-0.3, -0.25) is 9.59 Å². The van der Waals surface area contributed by atoms with Gasteiger partial charge in [0.25, 0.3) is 5.91 Å². The first-order valence-electron chi connectivity index (χ1n) is 8.35. The van der Waals surface area contributed by atoms with Crippen molar-refractivity contribution >= 4 is 28.5 Å². The Hall–Kier alpha value is -3.15. The van der Waals surface area contributed by atoms with Crippen LogP contribution in [0.5, 0.6) is 0 Å². The van der Waals surface area contributed by atoms with Crippen molar-refractivity contribution in [1.29, 1.82) is 0 Å². The van der Waals surface area contributed by atoms with Gasteiger partial charge >= 0.3 is 0 Å². The Bertz CT molecular complexity index is 1050. The summed E-state index contributed by atoms with van der Waals surface area (Å²) in [5.41, 5.74) is 3.29. The SMILES string of the molecule is Cc1c(C(=O)NC(C)c2ccc3c(c2)CC(=O)N3)oc2c(F)cccc12. The first kappa shape index (κ1) is 16.3. The summed E-state index contributed by atoms with van der Waals surface area (Å²) in [4.78, 5) is 24.1. The van der Waals surface area contributed by atoms with E-state index in [-0.39, 0.29) is 23.3 Å². The van der Waals surface area contributed by atoms with Crippen LogP contribution in [0.3, 0.4) is 0 Å². The van der Waals surface area contributed by atoms with Gasteiger partial charge in [0.2, 0.25) is 5.91 Å². The third kappa shape index (κ3) is 2.63.